The van der Waals surface area contributed by atoms with Crippen molar-refractivity contribution in [1.82, 2.24) is 10.2 Å². The number of nitrogens with one attached hydrogen (secondary N) is 1. The molecule has 8 nitrogen and oxygen atoms in total. The summed E-state index contributed by atoms with van der Waals surface area (Å²) in [6, 6.07) is 17.6. The van der Waals surface area contributed by atoms with Gasteiger partial charge in [-0.3, -0.25) is 9.69 Å². The predicted molar refractivity (Wildman–Crippen MR) is 119 cm³/mol. The lowest BCUT2D eigenvalue weighted by Crippen LogP contribution is -2.30. The van der Waals surface area contributed by atoms with E-state index in [1.165, 1.54) is 24.8 Å². The molecule has 1 aromatic heterocycles. The molecule has 0 spiro atoms. The van der Waals surface area contributed by atoms with Gasteiger partial charge in [-0.2, -0.15) is 0 Å². The Labute approximate surface area is 190 Å². The number of esters is 1. The van der Waals surface area contributed by atoms with E-state index in [4.69, 9.17) is 9.15 Å². The number of urea groups is 1. The third-order valence-corrected chi connectivity index (χ3v) is 5.06. The molecule has 0 radical (unpaired) electrons. The summed E-state index contributed by atoms with van der Waals surface area (Å²) in [5, 5.41) is 2.58. The lowest BCUT2D eigenvalue weighted by molar-refractivity contribution is -0.123. The maximum Gasteiger partial charge on any atom is 0.373 e. The molecule has 3 amide bonds. The minimum atomic E-state index is -0.638. The number of para-hydroxylation sites is 1. The van der Waals surface area contributed by atoms with Crippen molar-refractivity contribution in [3.63, 3.8) is 0 Å². The van der Waals surface area contributed by atoms with Gasteiger partial charge in [0.25, 0.3) is 5.91 Å². The van der Waals surface area contributed by atoms with Gasteiger partial charge < -0.3 is 19.2 Å². The number of hydrogen-bond acceptors (Lipinski definition) is 6. The Morgan fingerprint density at radius 3 is 2.58 bits per heavy atom. The maximum absolute atomic E-state index is 12.8. The van der Waals surface area contributed by atoms with Crippen LogP contribution < -0.4 is 10.1 Å². The number of carbonyl (C=O) groups is 3. The second-order valence-corrected chi connectivity index (χ2v) is 7.45. The molecule has 0 atom stereocenters. The summed E-state index contributed by atoms with van der Waals surface area (Å²) < 4.78 is 15.9. The molecule has 168 valence electrons. The van der Waals surface area contributed by atoms with Crippen LogP contribution in [0.25, 0.3) is 6.08 Å². The summed E-state index contributed by atoms with van der Waals surface area (Å²) in [7, 11) is 1.24. The van der Waals surface area contributed by atoms with Crippen LogP contribution in [-0.4, -0.2) is 29.9 Å². The van der Waals surface area contributed by atoms with Gasteiger partial charge in [-0.1, -0.05) is 48.0 Å². The van der Waals surface area contributed by atoms with Crippen LogP contribution in [0.5, 0.6) is 5.75 Å². The zero-order valence-electron chi connectivity index (χ0n) is 18.2. The fourth-order valence-electron chi connectivity index (χ4n) is 3.28. The van der Waals surface area contributed by atoms with Crippen molar-refractivity contribution in [3.05, 3.63) is 94.6 Å². The first-order chi connectivity index (χ1) is 15.9. The highest BCUT2D eigenvalue weighted by Gasteiger charge is 2.34. The molecule has 4 rings (SSSR count). The predicted octanol–water partition coefficient (Wildman–Crippen LogP) is 4.05. The van der Waals surface area contributed by atoms with Gasteiger partial charge in [0.2, 0.25) is 5.76 Å². The second-order valence-electron chi connectivity index (χ2n) is 7.45. The number of amides is 3. The summed E-state index contributed by atoms with van der Waals surface area (Å²) >= 11 is 0. The third-order valence-electron chi connectivity index (χ3n) is 5.06. The van der Waals surface area contributed by atoms with Crippen LogP contribution in [0.1, 0.15) is 33.0 Å². The first-order valence-corrected chi connectivity index (χ1v) is 10.2. The van der Waals surface area contributed by atoms with Crippen molar-refractivity contribution >= 4 is 24.0 Å². The molecule has 8 heteroatoms. The molecule has 1 fully saturated rings. The maximum atomic E-state index is 12.8. The van der Waals surface area contributed by atoms with Crippen LogP contribution in [0, 0.1) is 6.92 Å². The van der Waals surface area contributed by atoms with Gasteiger partial charge in [-0.15, -0.1) is 0 Å². The van der Waals surface area contributed by atoms with Crippen molar-refractivity contribution in [2.24, 2.45) is 0 Å². The number of rotatable bonds is 7. The van der Waals surface area contributed by atoms with E-state index in [-0.39, 0.29) is 23.8 Å². The molecule has 3 aromatic rings. The molecular weight excluding hydrogens is 424 g/mol. The van der Waals surface area contributed by atoms with E-state index >= 15 is 0 Å². The Kier molecular flexibility index (Phi) is 6.26. The quantitative estimate of drug-likeness (QED) is 0.334. The Hall–Kier alpha value is -4.33. The third kappa shape index (κ3) is 4.95. The zero-order chi connectivity index (χ0) is 23.4. The normalized spacial score (nSPS) is 14.5. The molecule has 0 bridgehead atoms. The number of methoxy groups -OCH3 is 1. The molecule has 2 aromatic carbocycles. The number of ether oxygens (including phenoxy) is 2. The number of imide groups is 1. The van der Waals surface area contributed by atoms with Crippen LogP contribution in [-0.2, 0) is 22.7 Å². The summed E-state index contributed by atoms with van der Waals surface area (Å²) in [5.41, 5.74) is 2.96. The number of aryl methyl sites for hydroxylation is 1. The van der Waals surface area contributed by atoms with E-state index < -0.39 is 17.9 Å². The smallest absolute Gasteiger partial charge is 0.373 e. The Balaban J connectivity index is 1.48. The van der Waals surface area contributed by atoms with E-state index in [1.54, 1.807) is 18.2 Å². The SMILES string of the molecule is COC(=O)c1ccc(CN2C(=O)NC(=Cc3ccccc3OCc3ccc(C)cc3)C2=O)o1. The molecule has 33 heavy (non-hydrogen) atoms. The molecular formula is C25H22N2O6. The summed E-state index contributed by atoms with van der Waals surface area (Å²) in [4.78, 5) is 37.8. The molecule has 0 saturated carbocycles. The number of benzene rings is 2. The van der Waals surface area contributed by atoms with Gasteiger partial charge in [0.05, 0.1) is 13.7 Å². The minimum absolute atomic E-state index is 0.00466. The van der Waals surface area contributed by atoms with Gasteiger partial charge in [-0.05, 0) is 36.8 Å². The molecule has 2 heterocycles. The van der Waals surface area contributed by atoms with Crippen LogP contribution in [0.4, 0.5) is 4.79 Å². The van der Waals surface area contributed by atoms with E-state index in [2.05, 4.69) is 10.1 Å². The topological polar surface area (TPSA) is 98.1 Å². The second kappa shape index (κ2) is 9.44. The molecule has 1 N–H and O–H groups in total. The Morgan fingerprint density at radius 1 is 1.06 bits per heavy atom. The van der Waals surface area contributed by atoms with Gasteiger partial charge in [0.15, 0.2) is 0 Å². The zero-order valence-corrected chi connectivity index (χ0v) is 18.2. The lowest BCUT2D eigenvalue weighted by atomic mass is 10.1. The first-order valence-electron chi connectivity index (χ1n) is 10.2. The number of furan rings is 1. The summed E-state index contributed by atoms with van der Waals surface area (Å²) in [5.74, 6) is -0.289. The van der Waals surface area contributed by atoms with Gasteiger partial charge in [0, 0.05) is 5.56 Å². The molecule has 1 aliphatic rings. The van der Waals surface area contributed by atoms with E-state index in [1.807, 2.05) is 43.3 Å². The molecule has 1 aliphatic heterocycles. The molecule has 0 unspecified atom stereocenters. The van der Waals surface area contributed by atoms with Crippen LogP contribution in [0.2, 0.25) is 0 Å². The highest BCUT2D eigenvalue weighted by molar-refractivity contribution is 6.14. The van der Waals surface area contributed by atoms with Crippen molar-refractivity contribution < 1.29 is 28.3 Å². The van der Waals surface area contributed by atoms with Crippen molar-refractivity contribution in [2.45, 2.75) is 20.1 Å². The number of carbonyl (C=O) groups excluding carboxylic acids is 3. The van der Waals surface area contributed by atoms with Crippen molar-refractivity contribution in [2.75, 3.05) is 7.11 Å². The first kappa shape index (κ1) is 21.9. The van der Waals surface area contributed by atoms with Gasteiger partial charge in [-0.25, -0.2) is 9.59 Å². The average molecular weight is 446 g/mol. The standard InChI is InChI=1S/C25H22N2O6/c1-16-7-9-17(10-8-16)15-32-21-6-4-3-5-18(21)13-20-23(28)27(25(30)26-20)14-19-11-12-22(33-19)24(29)31-2/h3-13H,14-15H2,1-2H3,(H,26,30). The lowest BCUT2D eigenvalue weighted by Gasteiger charge is -2.10. The number of hydrogen-bond donors (Lipinski definition) is 1. The monoisotopic (exact) mass is 446 g/mol. The Bertz CT molecular complexity index is 1230. The Morgan fingerprint density at radius 2 is 1.82 bits per heavy atom. The fraction of sp³-hybridized carbons (Fsp3) is 0.160. The van der Waals surface area contributed by atoms with Crippen molar-refractivity contribution in [1.29, 1.82) is 0 Å². The van der Waals surface area contributed by atoms with Gasteiger partial charge in [0.1, 0.15) is 23.8 Å². The fourth-order valence-corrected chi connectivity index (χ4v) is 3.28. The number of nitrogens with zero attached hydrogens (tertiary/aromatic N) is 1. The molecule has 0 aliphatic carbocycles. The highest BCUT2D eigenvalue weighted by atomic mass is 16.5. The van der Waals surface area contributed by atoms with Gasteiger partial charge >= 0.3 is 12.0 Å². The van der Waals surface area contributed by atoms with Crippen LogP contribution in [0.15, 0.2) is 70.8 Å². The van der Waals surface area contributed by atoms with Crippen LogP contribution in [0.3, 0.4) is 0 Å². The minimum Gasteiger partial charge on any atom is -0.488 e. The van der Waals surface area contributed by atoms with E-state index in [0.29, 0.717) is 17.9 Å². The van der Waals surface area contributed by atoms with E-state index in [0.717, 1.165) is 10.5 Å². The van der Waals surface area contributed by atoms with Crippen LogP contribution >= 0.6 is 0 Å². The average Bonchev–Trinajstić information content (AvgIpc) is 3.39. The largest absolute Gasteiger partial charge is 0.488 e. The molecule has 1 saturated heterocycles. The van der Waals surface area contributed by atoms with E-state index in [9.17, 15) is 14.4 Å². The highest BCUT2D eigenvalue weighted by Crippen LogP contribution is 2.24. The van der Waals surface area contributed by atoms with Crippen molar-refractivity contribution in [3.8, 4) is 5.75 Å². The summed E-state index contributed by atoms with van der Waals surface area (Å²) in [6.07, 6.45) is 1.58. The summed E-state index contributed by atoms with van der Waals surface area (Å²) in [6.45, 7) is 2.27.